The van der Waals surface area contributed by atoms with E-state index in [1.807, 2.05) is 6.92 Å². The van der Waals surface area contributed by atoms with Crippen LogP contribution in [-0.2, 0) is 10.0 Å². The van der Waals surface area contributed by atoms with E-state index in [4.69, 9.17) is 5.11 Å². The lowest BCUT2D eigenvalue weighted by atomic mass is 10.2. The van der Waals surface area contributed by atoms with E-state index in [1.165, 1.54) is 19.2 Å². The molecule has 0 aromatic heterocycles. The Morgan fingerprint density at radius 3 is 2.29 bits per heavy atom. The summed E-state index contributed by atoms with van der Waals surface area (Å²) in [5.41, 5.74) is 0.793. The smallest absolute Gasteiger partial charge is 0.240 e. The van der Waals surface area contributed by atoms with Crippen molar-refractivity contribution in [3.63, 3.8) is 0 Å². The largest absolute Gasteiger partial charge is 0.394 e. The van der Waals surface area contributed by atoms with E-state index in [-0.39, 0.29) is 17.5 Å². The topological polar surface area (TPSA) is 78.4 Å². The Balaban J connectivity index is 2.82. The number of aliphatic hydroxyl groups excluding tert-OH is 1. The maximum Gasteiger partial charge on any atom is 0.240 e. The van der Waals surface area contributed by atoms with Gasteiger partial charge in [-0.1, -0.05) is 6.92 Å². The molecule has 0 radical (unpaired) electrons. The van der Waals surface area contributed by atoms with Crippen LogP contribution in [0.15, 0.2) is 29.2 Å². The van der Waals surface area contributed by atoms with Crippen LogP contribution >= 0.6 is 0 Å². The van der Waals surface area contributed by atoms with Gasteiger partial charge in [-0.2, -0.15) is 0 Å². The van der Waals surface area contributed by atoms with Crippen LogP contribution in [0, 0.1) is 0 Å². The number of benzene rings is 1. The van der Waals surface area contributed by atoms with Gasteiger partial charge in [0, 0.05) is 11.7 Å². The van der Waals surface area contributed by atoms with Crippen LogP contribution in [0.4, 0.5) is 5.69 Å². The van der Waals surface area contributed by atoms with E-state index < -0.39 is 10.0 Å². The van der Waals surface area contributed by atoms with Crippen molar-refractivity contribution < 1.29 is 13.5 Å². The van der Waals surface area contributed by atoms with Crippen molar-refractivity contribution >= 4 is 15.7 Å². The lowest BCUT2D eigenvalue weighted by molar-refractivity contribution is 0.272. The zero-order valence-corrected chi connectivity index (χ0v) is 10.8. The molecule has 96 valence electrons. The fourth-order valence-corrected chi connectivity index (χ4v) is 2.09. The minimum atomic E-state index is -3.38. The van der Waals surface area contributed by atoms with Gasteiger partial charge in [-0.05, 0) is 37.7 Å². The van der Waals surface area contributed by atoms with Gasteiger partial charge >= 0.3 is 0 Å². The number of hydrogen-bond donors (Lipinski definition) is 3. The van der Waals surface area contributed by atoms with Gasteiger partial charge in [0.05, 0.1) is 11.5 Å². The van der Waals surface area contributed by atoms with Crippen LogP contribution < -0.4 is 10.0 Å². The molecule has 0 saturated carbocycles. The molecule has 0 aliphatic carbocycles. The molecule has 0 spiro atoms. The van der Waals surface area contributed by atoms with Gasteiger partial charge in [-0.15, -0.1) is 0 Å². The molecular formula is C11H18N2O3S. The van der Waals surface area contributed by atoms with Gasteiger partial charge in [0.15, 0.2) is 0 Å². The number of anilines is 1. The van der Waals surface area contributed by atoms with E-state index in [2.05, 4.69) is 10.0 Å². The lowest BCUT2D eigenvalue weighted by Gasteiger charge is -2.15. The fourth-order valence-electron chi connectivity index (χ4n) is 1.36. The normalized spacial score (nSPS) is 13.4. The van der Waals surface area contributed by atoms with Crippen molar-refractivity contribution in [2.24, 2.45) is 0 Å². The minimum absolute atomic E-state index is 0.0123. The molecule has 1 rings (SSSR count). The molecule has 1 aromatic rings. The number of nitrogens with one attached hydrogen (secondary N) is 2. The molecule has 5 nitrogen and oxygen atoms in total. The molecule has 0 bridgehead atoms. The van der Waals surface area contributed by atoms with E-state index in [0.717, 1.165) is 12.1 Å². The van der Waals surface area contributed by atoms with Crippen molar-refractivity contribution in [2.75, 3.05) is 19.0 Å². The Morgan fingerprint density at radius 1 is 1.29 bits per heavy atom. The Hall–Kier alpha value is -1.11. The van der Waals surface area contributed by atoms with Crippen molar-refractivity contribution in [1.29, 1.82) is 0 Å². The summed E-state index contributed by atoms with van der Waals surface area (Å²) in [7, 11) is -2.01. The summed E-state index contributed by atoms with van der Waals surface area (Å²) in [4.78, 5) is 0.225. The summed E-state index contributed by atoms with van der Waals surface area (Å²) in [6.45, 7) is 2.01. The average Bonchev–Trinajstić information content (AvgIpc) is 2.36. The molecule has 17 heavy (non-hydrogen) atoms. The molecule has 1 atom stereocenters. The van der Waals surface area contributed by atoms with E-state index >= 15 is 0 Å². The third kappa shape index (κ3) is 3.69. The second-order valence-electron chi connectivity index (χ2n) is 3.66. The first-order valence-corrected chi connectivity index (χ1v) is 6.92. The van der Waals surface area contributed by atoms with Crippen molar-refractivity contribution in [3.8, 4) is 0 Å². The molecular weight excluding hydrogens is 240 g/mol. The van der Waals surface area contributed by atoms with Crippen LogP contribution in [0.5, 0.6) is 0 Å². The van der Waals surface area contributed by atoms with E-state index in [0.29, 0.717) is 0 Å². The lowest BCUT2D eigenvalue weighted by Crippen LogP contribution is -2.22. The molecule has 0 aliphatic rings. The summed E-state index contributed by atoms with van der Waals surface area (Å²) in [6.07, 6.45) is 0.799. The van der Waals surface area contributed by atoms with Crippen LogP contribution in [0.2, 0.25) is 0 Å². The highest BCUT2D eigenvalue weighted by Crippen LogP contribution is 2.14. The minimum Gasteiger partial charge on any atom is -0.394 e. The summed E-state index contributed by atoms with van der Waals surface area (Å²) >= 11 is 0. The van der Waals surface area contributed by atoms with E-state index in [9.17, 15) is 8.42 Å². The summed E-state index contributed by atoms with van der Waals surface area (Å²) in [5.74, 6) is 0. The van der Waals surface area contributed by atoms with Crippen LogP contribution in [0.25, 0.3) is 0 Å². The molecule has 3 N–H and O–H groups in total. The van der Waals surface area contributed by atoms with Crippen molar-refractivity contribution in [3.05, 3.63) is 24.3 Å². The van der Waals surface area contributed by atoms with Crippen LogP contribution in [0.3, 0.4) is 0 Å². The van der Waals surface area contributed by atoms with Crippen LogP contribution in [-0.4, -0.2) is 33.2 Å². The fraction of sp³-hybridized carbons (Fsp3) is 0.455. The van der Waals surface area contributed by atoms with Crippen LogP contribution in [0.1, 0.15) is 13.3 Å². The van der Waals surface area contributed by atoms with Gasteiger partial charge in [-0.25, -0.2) is 13.1 Å². The number of sulfonamides is 1. The Bertz CT molecular complexity index is 438. The van der Waals surface area contributed by atoms with Gasteiger partial charge in [0.1, 0.15) is 0 Å². The van der Waals surface area contributed by atoms with E-state index in [1.54, 1.807) is 12.1 Å². The standard InChI is InChI=1S/C11H18N2O3S/c1-3-9(8-14)13-10-4-6-11(7-5-10)17(15,16)12-2/h4-7,9,12-14H,3,8H2,1-2H3. The molecule has 0 aliphatic heterocycles. The molecule has 0 fully saturated rings. The van der Waals surface area contributed by atoms with Gasteiger partial charge in [0.25, 0.3) is 0 Å². The molecule has 0 heterocycles. The first-order valence-electron chi connectivity index (χ1n) is 5.44. The second kappa shape index (κ2) is 6.00. The number of hydrogen-bond acceptors (Lipinski definition) is 4. The molecule has 0 saturated heterocycles. The average molecular weight is 258 g/mol. The highest BCUT2D eigenvalue weighted by atomic mass is 32.2. The maximum absolute atomic E-state index is 11.5. The molecule has 0 amide bonds. The Morgan fingerprint density at radius 2 is 1.88 bits per heavy atom. The SMILES string of the molecule is CCC(CO)Nc1ccc(S(=O)(=O)NC)cc1. The second-order valence-corrected chi connectivity index (χ2v) is 5.55. The highest BCUT2D eigenvalue weighted by Gasteiger charge is 2.11. The zero-order valence-electron chi connectivity index (χ0n) is 9.97. The van der Waals surface area contributed by atoms with Crippen molar-refractivity contribution in [1.82, 2.24) is 4.72 Å². The van der Waals surface area contributed by atoms with Gasteiger partial charge in [-0.3, -0.25) is 0 Å². The summed E-state index contributed by atoms with van der Waals surface area (Å²) in [6, 6.07) is 6.41. The zero-order chi connectivity index (χ0) is 12.9. The molecule has 1 unspecified atom stereocenters. The maximum atomic E-state index is 11.5. The predicted octanol–water partition coefficient (Wildman–Crippen LogP) is 0.777. The number of rotatable bonds is 6. The van der Waals surface area contributed by atoms with Gasteiger partial charge < -0.3 is 10.4 Å². The molecule has 6 heteroatoms. The Labute approximate surface area is 102 Å². The highest BCUT2D eigenvalue weighted by molar-refractivity contribution is 7.89. The third-order valence-electron chi connectivity index (χ3n) is 2.52. The summed E-state index contributed by atoms with van der Waals surface area (Å²) < 4.78 is 25.2. The van der Waals surface area contributed by atoms with Gasteiger partial charge in [0.2, 0.25) is 10.0 Å². The number of aliphatic hydroxyl groups is 1. The predicted molar refractivity (Wildman–Crippen MR) is 67.5 cm³/mol. The monoisotopic (exact) mass is 258 g/mol. The first-order chi connectivity index (χ1) is 8.03. The first kappa shape index (κ1) is 14.0. The molecule has 1 aromatic carbocycles. The third-order valence-corrected chi connectivity index (χ3v) is 3.95. The van der Waals surface area contributed by atoms with Crippen molar-refractivity contribution in [2.45, 2.75) is 24.3 Å². The summed E-state index contributed by atoms with van der Waals surface area (Å²) in [5, 5.41) is 12.2. The Kier molecular flexibility index (Phi) is 4.92. The quantitative estimate of drug-likeness (QED) is 0.704.